The summed E-state index contributed by atoms with van der Waals surface area (Å²) in [5, 5.41) is 19.5. The fourth-order valence-electron chi connectivity index (χ4n) is 6.43. The van der Waals surface area contributed by atoms with Crippen LogP contribution < -0.4 is 15.0 Å². The molecule has 6 rings (SSSR count). The zero-order valence-corrected chi connectivity index (χ0v) is 27.9. The van der Waals surface area contributed by atoms with E-state index in [4.69, 9.17) is 10.00 Å². The van der Waals surface area contributed by atoms with Crippen LogP contribution in [-0.2, 0) is 33.5 Å². The van der Waals surface area contributed by atoms with Gasteiger partial charge in [0, 0.05) is 25.7 Å². The summed E-state index contributed by atoms with van der Waals surface area (Å²) in [5.41, 5.74) is -2.72. The average Bonchev–Trinajstić information content (AvgIpc) is 3.70. The standard InChI is InChI=1S/C34H31F3N8O7/c1-33(2)31(50)44(21-10-9-19(17-38)23(16-21)34(35,36)37)32(51)43(33)14-5-13-42-18-20(40-41-42)6-4-15-52-25-8-3-7-22-27(25)30(49)45(29(22)48)24-11-12-26(46)39-28(24)47/h3,7-10,16,18,24H,4-6,11-15H2,1-2H3,(H,39,46,47). The number of anilines is 1. The lowest BCUT2D eigenvalue weighted by molar-refractivity contribution is -0.138. The van der Waals surface area contributed by atoms with Crippen molar-refractivity contribution < 1.29 is 46.7 Å². The highest BCUT2D eigenvalue weighted by Gasteiger charge is 2.52. The number of halogens is 3. The number of nitrogens with zero attached hydrogens (tertiary/aromatic N) is 7. The number of hydrogen-bond acceptors (Lipinski definition) is 10. The number of urea groups is 1. The molecule has 15 nitrogen and oxygen atoms in total. The molecule has 1 aromatic heterocycles. The Hall–Kier alpha value is -6.12. The summed E-state index contributed by atoms with van der Waals surface area (Å²) in [5.74, 6) is -3.00. The third kappa shape index (κ3) is 6.45. The van der Waals surface area contributed by atoms with Gasteiger partial charge in [0.25, 0.3) is 17.7 Å². The van der Waals surface area contributed by atoms with E-state index in [2.05, 4.69) is 15.6 Å². The van der Waals surface area contributed by atoms with E-state index in [9.17, 15) is 41.9 Å². The first-order valence-electron chi connectivity index (χ1n) is 16.3. The molecule has 0 saturated carbocycles. The van der Waals surface area contributed by atoms with Gasteiger partial charge in [-0.2, -0.15) is 18.4 Å². The number of piperidine rings is 1. The normalized spacial score (nSPS) is 18.6. The van der Waals surface area contributed by atoms with Crippen LogP contribution in [0.5, 0.6) is 5.75 Å². The Morgan fingerprint density at radius 3 is 2.52 bits per heavy atom. The van der Waals surface area contributed by atoms with Crippen molar-refractivity contribution in [1.29, 1.82) is 5.26 Å². The van der Waals surface area contributed by atoms with Gasteiger partial charge in [0.05, 0.1) is 46.3 Å². The molecule has 1 unspecified atom stereocenters. The third-order valence-electron chi connectivity index (χ3n) is 9.13. The summed E-state index contributed by atoms with van der Waals surface area (Å²) in [7, 11) is 0. The Kier molecular flexibility index (Phi) is 9.30. The van der Waals surface area contributed by atoms with E-state index in [-0.39, 0.29) is 48.6 Å². The number of rotatable bonds is 11. The molecule has 2 fully saturated rings. The van der Waals surface area contributed by atoms with Crippen molar-refractivity contribution in [2.45, 2.75) is 70.3 Å². The molecule has 0 aliphatic carbocycles. The summed E-state index contributed by atoms with van der Waals surface area (Å²) >= 11 is 0. The maximum Gasteiger partial charge on any atom is 0.417 e. The molecule has 0 spiro atoms. The van der Waals surface area contributed by atoms with Crippen molar-refractivity contribution in [3.63, 3.8) is 0 Å². The van der Waals surface area contributed by atoms with E-state index in [1.165, 1.54) is 30.9 Å². The van der Waals surface area contributed by atoms with Crippen LogP contribution >= 0.6 is 0 Å². The number of aryl methyl sites for hydroxylation is 2. The molecule has 0 bridgehead atoms. The van der Waals surface area contributed by atoms with Gasteiger partial charge in [0.2, 0.25) is 11.8 Å². The van der Waals surface area contributed by atoms with Gasteiger partial charge in [0.15, 0.2) is 0 Å². The molecule has 2 saturated heterocycles. The van der Waals surface area contributed by atoms with Crippen LogP contribution in [0.2, 0.25) is 0 Å². The van der Waals surface area contributed by atoms with Gasteiger partial charge < -0.3 is 9.64 Å². The Morgan fingerprint density at radius 1 is 1.04 bits per heavy atom. The van der Waals surface area contributed by atoms with Crippen molar-refractivity contribution in [1.82, 2.24) is 30.1 Å². The van der Waals surface area contributed by atoms with E-state index < -0.39 is 64.5 Å². The summed E-state index contributed by atoms with van der Waals surface area (Å²) in [6.45, 7) is 3.56. The molecule has 18 heteroatoms. The molecule has 270 valence electrons. The number of nitrogens with one attached hydrogen (secondary N) is 1. The number of aromatic nitrogens is 3. The van der Waals surface area contributed by atoms with E-state index in [1.807, 2.05) is 0 Å². The lowest BCUT2D eigenvalue weighted by Crippen LogP contribution is -2.54. The molecule has 4 heterocycles. The monoisotopic (exact) mass is 720 g/mol. The number of fused-ring (bicyclic) bond motifs is 1. The highest BCUT2D eigenvalue weighted by Crippen LogP contribution is 2.38. The Bertz CT molecular complexity index is 2050. The molecule has 7 amide bonds. The Labute approximate surface area is 293 Å². The second-order valence-corrected chi connectivity index (χ2v) is 12.9. The van der Waals surface area contributed by atoms with Gasteiger partial charge in [-0.3, -0.25) is 38.9 Å². The van der Waals surface area contributed by atoms with Crippen molar-refractivity contribution in [3.8, 4) is 11.8 Å². The number of ether oxygens (including phenoxy) is 1. The first-order valence-corrected chi connectivity index (χ1v) is 16.3. The zero-order valence-electron chi connectivity index (χ0n) is 27.9. The van der Waals surface area contributed by atoms with E-state index in [0.717, 1.165) is 17.0 Å². The lowest BCUT2D eigenvalue weighted by atomic mass is 10.0. The fourth-order valence-corrected chi connectivity index (χ4v) is 6.43. The number of benzene rings is 2. The highest BCUT2D eigenvalue weighted by molar-refractivity contribution is 6.25. The molecular weight excluding hydrogens is 689 g/mol. The number of nitriles is 1. The SMILES string of the molecule is CC1(C)C(=O)N(c2ccc(C#N)c(C(F)(F)F)c2)C(=O)N1CCCn1cc(CCCOc2cccc3c2C(=O)N(C2CCC(=O)NC2=O)C3=O)nn1. The highest BCUT2D eigenvalue weighted by atomic mass is 19.4. The smallest absolute Gasteiger partial charge is 0.417 e. The van der Waals surface area contributed by atoms with Crippen molar-refractivity contribution in [2.24, 2.45) is 0 Å². The van der Waals surface area contributed by atoms with Gasteiger partial charge in [-0.1, -0.05) is 11.3 Å². The van der Waals surface area contributed by atoms with E-state index in [1.54, 1.807) is 23.0 Å². The summed E-state index contributed by atoms with van der Waals surface area (Å²) in [6, 6.07) is 6.89. The molecule has 1 N–H and O–H groups in total. The summed E-state index contributed by atoms with van der Waals surface area (Å²) in [4.78, 5) is 79.6. The van der Waals surface area contributed by atoms with Crippen LogP contribution in [0.4, 0.5) is 23.7 Å². The average molecular weight is 721 g/mol. The van der Waals surface area contributed by atoms with Gasteiger partial charge in [-0.25, -0.2) is 9.69 Å². The number of carbonyl (C=O) groups is 6. The first kappa shape index (κ1) is 35.7. The van der Waals surface area contributed by atoms with Gasteiger partial charge in [-0.15, -0.1) is 5.10 Å². The number of hydrogen-bond donors (Lipinski definition) is 1. The minimum atomic E-state index is -4.86. The largest absolute Gasteiger partial charge is 0.493 e. The van der Waals surface area contributed by atoms with Crippen LogP contribution in [0.1, 0.15) is 77.1 Å². The molecular formula is C34H31F3N8O7. The molecule has 0 radical (unpaired) electrons. The lowest BCUT2D eigenvalue weighted by Gasteiger charge is -2.27. The topological polar surface area (TPSA) is 188 Å². The number of amides is 7. The Balaban J connectivity index is 1.01. The second kappa shape index (κ2) is 13.5. The maximum absolute atomic E-state index is 13.6. The van der Waals surface area contributed by atoms with Crippen LogP contribution in [-0.4, -0.2) is 85.1 Å². The van der Waals surface area contributed by atoms with Crippen molar-refractivity contribution in [3.05, 3.63) is 70.5 Å². The maximum atomic E-state index is 13.6. The molecule has 3 aliphatic rings. The quantitative estimate of drug-likeness (QED) is 0.175. The Morgan fingerprint density at radius 2 is 1.81 bits per heavy atom. The predicted octanol–water partition coefficient (Wildman–Crippen LogP) is 3.22. The fraction of sp³-hybridized carbons (Fsp3) is 0.382. The number of imide groups is 3. The molecule has 1 atom stereocenters. The van der Waals surface area contributed by atoms with Crippen LogP contribution in [0.15, 0.2) is 42.6 Å². The van der Waals surface area contributed by atoms with Crippen LogP contribution in [0.25, 0.3) is 0 Å². The van der Waals surface area contributed by atoms with Crippen LogP contribution in [0, 0.1) is 11.3 Å². The second-order valence-electron chi connectivity index (χ2n) is 12.9. The zero-order chi connectivity index (χ0) is 37.5. The molecule has 2 aromatic carbocycles. The van der Waals surface area contributed by atoms with Crippen molar-refractivity contribution in [2.75, 3.05) is 18.1 Å². The van der Waals surface area contributed by atoms with E-state index in [0.29, 0.717) is 42.5 Å². The number of alkyl halides is 3. The number of carbonyl (C=O) groups excluding carboxylic acids is 6. The third-order valence-corrected chi connectivity index (χ3v) is 9.13. The van der Waals surface area contributed by atoms with Crippen molar-refractivity contribution >= 4 is 41.3 Å². The van der Waals surface area contributed by atoms with Gasteiger partial charge in [-0.05, 0) is 69.9 Å². The summed E-state index contributed by atoms with van der Waals surface area (Å²) in [6.07, 6.45) is -1.88. The first-order chi connectivity index (χ1) is 24.6. The van der Waals surface area contributed by atoms with Gasteiger partial charge in [0.1, 0.15) is 17.3 Å². The van der Waals surface area contributed by atoms with E-state index >= 15 is 0 Å². The minimum Gasteiger partial charge on any atom is -0.493 e. The minimum absolute atomic E-state index is 0.00642. The van der Waals surface area contributed by atoms with Crippen LogP contribution in [0.3, 0.4) is 0 Å². The molecule has 52 heavy (non-hydrogen) atoms. The predicted molar refractivity (Wildman–Crippen MR) is 171 cm³/mol. The summed E-state index contributed by atoms with van der Waals surface area (Å²) < 4.78 is 48.1. The molecule has 3 aliphatic heterocycles. The van der Waals surface area contributed by atoms with Gasteiger partial charge >= 0.3 is 12.2 Å². The molecule has 3 aromatic rings.